The van der Waals surface area contributed by atoms with Crippen LogP contribution < -0.4 is 15.0 Å². The topological polar surface area (TPSA) is 92.0 Å². The van der Waals surface area contributed by atoms with E-state index >= 15 is 0 Å². The maximum Gasteiger partial charge on any atom is 0.343 e. The van der Waals surface area contributed by atoms with Gasteiger partial charge >= 0.3 is 5.97 Å². The van der Waals surface area contributed by atoms with E-state index in [4.69, 9.17) is 9.47 Å². The van der Waals surface area contributed by atoms with Crippen molar-refractivity contribution in [1.82, 2.24) is 9.66 Å². The summed E-state index contributed by atoms with van der Waals surface area (Å²) in [6.07, 6.45) is 1.97. The fourth-order valence-corrected chi connectivity index (χ4v) is 3.66. The molecule has 0 radical (unpaired) electrons. The van der Waals surface area contributed by atoms with Crippen LogP contribution in [0.3, 0.4) is 0 Å². The highest BCUT2D eigenvalue weighted by molar-refractivity contribution is 9.10. The van der Waals surface area contributed by atoms with Crippen molar-refractivity contribution in [1.29, 1.82) is 0 Å². The SMILES string of the molecule is CCc1nc2ccc(Br)cc2c(=O)n1N=Cc1cc(Br)cc(OC)c1OCC(=O)OC. The molecule has 0 aliphatic rings. The van der Waals surface area contributed by atoms with Gasteiger partial charge in [-0.1, -0.05) is 38.8 Å². The second-order valence-corrected chi connectivity index (χ2v) is 8.13. The lowest BCUT2D eigenvalue weighted by Gasteiger charge is -2.13. The first-order valence-electron chi connectivity index (χ1n) is 9.20. The van der Waals surface area contributed by atoms with Crippen molar-refractivity contribution in [2.75, 3.05) is 20.8 Å². The van der Waals surface area contributed by atoms with E-state index < -0.39 is 5.97 Å². The van der Waals surface area contributed by atoms with Crippen molar-refractivity contribution in [2.24, 2.45) is 5.10 Å². The number of esters is 1. The average Bonchev–Trinajstić information content (AvgIpc) is 2.77. The number of carbonyl (C=O) groups is 1. The van der Waals surface area contributed by atoms with E-state index in [2.05, 4.69) is 46.7 Å². The first kappa shape index (κ1) is 23.0. The third-order valence-electron chi connectivity index (χ3n) is 4.33. The number of aromatic nitrogens is 2. The Morgan fingerprint density at radius 1 is 1.19 bits per heavy atom. The summed E-state index contributed by atoms with van der Waals surface area (Å²) < 4.78 is 18.3. The fourth-order valence-electron chi connectivity index (χ4n) is 2.84. The Morgan fingerprint density at radius 3 is 2.65 bits per heavy atom. The molecular weight excluding hydrogens is 534 g/mol. The van der Waals surface area contributed by atoms with Gasteiger partial charge in [0.25, 0.3) is 5.56 Å². The highest BCUT2D eigenvalue weighted by atomic mass is 79.9. The zero-order valence-corrected chi connectivity index (χ0v) is 20.2. The van der Waals surface area contributed by atoms with Gasteiger partial charge in [-0.25, -0.2) is 9.78 Å². The molecule has 3 rings (SSSR count). The Bertz CT molecular complexity index is 1220. The molecule has 0 fully saturated rings. The summed E-state index contributed by atoms with van der Waals surface area (Å²) in [7, 11) is 2.76. The van der Waals surface area contributed by atoms with Crippen LogP contribution in [0.25, 0.3) is 10.9 Å². The number of nitrogens with zero attached hydrogens (tertiary/aromatic N) is 3. The molecule has 0 saturated carbocycles. The summed E-state index contributed by atoms with van der Waals surface area (Å²) in [6, 6.07) is 8.76. The molecule has 0 saturated heterocycles. The Kier molecular flexibility index (Phi) is 7.45. The normalized spacial score (nSPS) is 11.1. The quantitative estimate of drug-likeness (QED) is 0.326. The van der Waals surface area contributed by atoms with E-state index in [1.54, 1.807) is 24.3 Å². The molecule has 0 unspecified atom stereocenters. The Balaban J connectivity index is 2.11. The van der Waals surface area contributed by atoms with Crippen LogP contribution in [0.4, 0.5) is 0 Å². The van der Waals surface area contributed by atoms with Crippen molar-refractivity contribution < 1.29 is 19.0 Å². The molecule has 0 aliphatic heterocycles. The number of halogens is 2. The molecule has 0 spiro atoms. The van der Waals surface area contributed by atoms with Gasteiger partial charge in [0, 0.05) is 20.9 Å². The molecule has 10 heteroatoms. The van der Waals surface area contributed by atoms with Crippen molar-refractivity contribution in [3.8, 4) is 11.5 Å². The van der Waals surface area contributed by atoms with E-state index in [1.165, 1.54) is 25.1 Å². The fraction of sp³-hybridized carbons (Fsp3) is 0.238. The van der Waals surface area contributed by atoms with Gasteiger partial charge in [-0.2, -0.15) is 9.78 Å². The summed E-state index contributed by atoms with van der Waals surface area (Å²) >= 11 is 6.80. The van der Waals surface area contributed by atoms with Crippen LogP contribution in [0.15, 0.2) is 49.2 Å². The van der Waals surface area contributed by atoms with Crippen LogP contribution in [0.5, 0.6) is 11.5 Å². The van der Waals surface area contributed by atoms with Gasteiger partial charge in [-0.3, -0.25) is 4.79 Å². The zero-order chi connectivity index (χ0) is 22.5. The van der Waals surface area contributed by atoms with Crippen molar-refractivity contribution >= 4 is 54.9 Å². The molecule has 1 heterocycles. The molecule has 0 amide bonds. The predicted octanol–water partition coefficient (Wildman–Crippen LogP) is 3.93. The maximum absolute atomic E-state index is 13.1. The zero-order valence-electron chi connectivity index (χ0n) is 17.0. The van der Waals surface area contributed by atoms with Crippen molar-refractivity contribution in [3.05, 3.63) is 61.0 Å². The molecule has 0 N–H and O–H groups in total. The number of ether oxygens (including phenoxy) is 3. The minimum Gasteiger partial charge on any atom is -0.493 e. The van der Waals surface area contributed by atoms with Crippen LogP contribution in [-0.2, 0) is 16.0 Å². The van der Waals surface area contributed by atoms with Crippen LogP contribution in [0, 0.1) is 0 Å². The Hall–Kier alpha value is -2.72. The van der Waals surface area contributed by atoms with E-state index in [9.17, 15) is 9.59 Å². The van der Waals surface area contributed by atoms with Crippen molar-refractivity contribution in [3.63, 3.8) is 0 Å². The molecule has 0 aliphatic carbocycles. The lowest BCUT2D eigenvalue weighted by atomic mass is 10.2. The average molecular weight is 553 g/mol. The van der Waals surface area contributed by atoms with Crippen LogP contribution in [0.1, 0.15) is 18.3 Å². The number of hydrogen-bond acceptors (Lipinski definition) is 7. The third-order valence-corrected chi connectivity index (χ3v) is 5.29. The van der Waals surface area contributed by atoms with Gasteiger partial charge in [0.2, 0.25) is 0 Å². The largest absolute Gasteiger partial charge is 0.493 e. The summed E-state index contributed by atoms with van der Waals surface area (Å²) in [4.78, 5) is 29.2. The number of rotatable bonds is 7. The summed E-state index contributed by atoms with van der Waals surface area (Å²) in [5, 5.41) is 4.82. The predicted molar refractivity (Wildman–Crippen MR) is 124 cm³/mol. The van der Waals surface area contributed by atoms with Gasteiger partial charge < -0.3 is 14.2 Å². The van der Waals surface area contributed by atoms with Crippen LogP contribution in [0.2, 0.25) is 0 Å². The highest BCUT2D eigenvalue weighted by Gasteiger charge is 2.15. The second-order valence-electron chi connectivity index (χ2n) is 6.30. The third kappa shape index (κ3) is 5.13. The highest BCUT2D eigenvalue weighted by Crippen LogP contribution is 2.34. The number of benzene rings is 2. The van der Waals surface area contributed by atoms with Gasteiger partial charge in [0.15, 0.2) is 18.1 Å². The molecule has 3 aromatic rings. The molecule has 1 aromatic heterocycles. The standard InChI is InChI=1S/C21H19Br2N3O5/c1-4-18-25-16-6-5-13(22)8-15(16)21(28)26(18)24-10-12-7-14(23)9-17(29-2)20(12)31-11-19(27)30-3/h5-10H,4,11H2,1-3H3. The first-order valence-corrected chi connectivity index (χ1v) is 10.8. The van der Waals surface area contributed by atoms with Gasteiger partial charge in [0.05, 0.1) is 31.3 Å². The molecule has 31 heavy (non-hydrogen) atoms. The van der Waals surface area contributed by atoms with Crippen LogP contribution in [-0.4, -0.2) is 42.7 Å². The van der Waals surface area contributed by atoms with E-state index in [-0.39, 0.29) is 12.2 Å². The molecule has 2 aromatic carbocycles. The monoisotopic (exact) mass is 551 g/mol. The van der Waals surface area contributed by atoms with Crippen LogP contribution >= 0.6 is 31.9 Å². The number of fused-ring (bicyclic) bond motifs is 1. The molecule has 162 valence electrons. The van der Waals surface area contributed by atoms with E-state index in [0.29, 0.717) is 44.7 Å². The summed E-state index contributed by atoms with van der Waals surface area (Å²) in [5.41, 5.74) is 0.805. The molecule has 0 atom stereocenters. The first-order chi connectivity index (χ1) is 14.9. The van der Waals surface area contributed by atoms with Crippen molar-refractivity contribution in [2.45, 2.75) is 13.3 Å². The lowest BCUT2D eigenvalue weighted by molar-refractivity contribution is -0.142. The maximum atomic E-state index is 13.1. The molecule has 0 bridgehead atoms. The lowest BCUT2D eigenvalue weighted by Crippen LogP contribution is -2.22. The van der Waals surface area contributed by atoms with Gasteiger partial charge in [0.1, 0.15) is 5.82 Å². The summed E-state index contributed by atoms with van der Waals surface area (Å²) in [6.45, 7) is 1.59. The van der Waals surface area contributed by atoms with Gasteiger partial charge in [-0.15, -0.1) is 0 Å². The van der Waals surface area contributed by atoms with Gasteiger partial charge in [-0.05, 0) is 30.3 Å². The summed E-state index contributed by atoms with van der Waals surface area (Å²) in [5.74, 6) is 0.655. The number of aryl methyl sites for hydroxylation is 1. The Labute approximate surface area is 195 Å². The van der Waals surface area contributed by atoms with E-state index in [1.807, 2.05) is 13.0 Å². The molecule has 8 nitrogen and oxygen atoms in total. The number of methoxy groups -OCH3 is 2. The Morgan fingerprint density at radius 2 is 1.97 bits per heavy atom. The number of carbonyl (C=O) groups excluding carboxylic acids is 1. The minimum atomic E-state index is -0.540. The number of hydrogen-bond donors (Lipinski definition) is 0. The van der Waals surface area contributed by atoms with E-state index in [0.717, 1.165) is 4.47 Å². The second kappa shape index (κ2) is 10.1. The molecular formula is C21H19Br2N3O5. The minimum absolute atomic E-state index is 0.293. The smallest absolute Gasteiger partial charge is 0.343 e.